The lowest BCUT2D eigenvalue weighted by molar-refractivity contribution is 0.558. The van der Waals surface area contributed by atoms with Crippen molar-refractivity contribution in [3.63, 3.8) is 0 Å². The van der Waals surface area contributed by atoms with Gasteiger partial charge in [0.15, 0.2) is 6.39 Å². The van der Waals surface area contributed by atoms with Crippen LogP contribution in [-0.4, -0.2) is 14.8 Å². The lowest BCUT2D eigenvalue weighted by Crippen LogP contribution is -1.92. The van der Waals surface area contributed by atoms with Crippen LogP contribution in [0.4, 0.5) is 0 Å². The molecule has 0 aromatic carbocycles. The van der Waals surface area contributed by atoms with Crippen molar-refractivity contribution in [3.8, 4) is 11.4 Å². The first-order chi connectivity index (χ1) is 5.77. The molecule has 4 heteroatoms. The number of hydrogen-bond donors (Lipinski definition) is 0. The van der Waals surface area contributed by atoms with Crippen molar-refractivity contribution in [2.24, 2.45) is 7.05 Å². The van der Waals surface area contributed by atoms with Crippen LogP contribution in [0.3, 0.4) is 0 Å². The smallest absolute Gasteiger partial charge is 0.181 e. The zero-order valence-electron chi connectivity index (χ0n) is 6.98. The summed E-state index contributed by atoms with van der Waals surface area (Å²) in [6, 6.07) is 1.97. The molecule has 2 aromatic heterocycles. The Morgan fingerprint density at radius 3 is 2.75 bits per heavy atom. The largest absolute Gasteiger partial charge is 0.451 e. The third-order valence-corrected chi connectivity index (χ3v) is 1.81. The van der Waals surface area contributed by atoms with E-state index in [2.05, 4.69) is 10.1 Å². The molecule has 0 N–H and O–H groups in total. The highest BCUT2D eigenvalue weighted by Crippen LogP contribution is 2.15. The molecular formula is C8H9N3O. The van der Waals surface area contributed by atoms with E-state index >= 15 is 0 Å². The van der Waals surface area contributed by atoms with Crippen LogP contribution in [0.15, 0.2) is 23.1 Å². The topological polar surface area (TPSA) is 43.9 Å². The molecule has 2 aromatic rings. The molecule has 2 heterocycles. The quantitative estimate of drug-likeness (QED) is 0.638. The molecule has 0 aliphatic carbocycles. The molecule has 0 fully saturated rings. The van der Waals surface area contributed by atoms with Crippen molar-refractivity contribution in [3.05, 3.63) is 24.4 Å². The summed E-state index contributed by atoms with van der Waals surface area (Å²) in [6.07, 6.45) is 2.99. The lowest BCUT2D eigenvalue weighted by atomic mass is 10.3. The highest BCUT2D eigenvalue weighted by molar-refractivity contribution is 5.52. The summed E-state index contributed by atoms with van der Waals surface area (Å²) < 4.78 is 6.67. The van der Waals surface area contributed by atoms with Crippen LogP contribution in [0.2, 0.25) is 0 Å². The van der Waals surface area contributed by atoms with Gasteiger partial charge in [0, 0.05) is 12.7 Å². The van der Waals surface area contributed by atoms with Crippen LogP contribution < -0.4 is 0 Å². The standard InChI is InChI=1S/C8H9N3O/c1-6-3-7(10-11(6)2)8-4-12-5-9-8/h3-5H,1-2H3. The Morgan fingerprint density at radius 1 is 1.42 bits per heavy atom. The van der Waals surface area contributed by atoms with E-state index in [0.29, 0.717) is 0 Å². The highest BCUT2D eigenvalue weighted by Gasteiger charge is 2.05. The molecule has 0 bridgehead atoms. The van der Waals surface area contributed by atoms with Gasteiger partial charge >= 0.3 is 0 Å². The molecule has 0 aliphatic heterocycles. The first-order valence-electron chi connectivity index (χ1n) is 3.66. The van der Waals surface area contributed by atoms with Crippen molar-refractivity contribution in [2.75, 3.05) is 0 Å². The van der Waals surface area contributed by atoms with Crippen LogP contribution >= 0.6 is 0 Å². The minimum atomic E-state index is 0.777. The van der Waals surface area contributed by atoms with E-state index in [4.69, 9.17) is 4.42 Å². The summed E-state index contributed by atoms with van der Waals surface area (Å²) in [5.41, 5.74) is 2.73. The fourth-order valence-corrected chi connectivity index (χ4v) is 1.02. The van der Waals surface area contributed by atoms with Crippen LogP contribution in [-0.2, 0) is 7.05 Å². The fourth-order valence-electron chi connectivity index (χ4n) is 1.02. The normalized spacial score (nSPS) is 10.5. The fraction of sp³-hybridized carbons (Fsp3) is 0.250. The van der Waals surface area contributed by atoms with Gasteiger partial charge in [-0.25, -0.2) is 4.98 Å². The maximum Gasteiger partial charge on any atom is 0.181 e. The third kappa shape index (κ3) is 1.01. The van der Waals surface area contributed by atoms with Crippen molar-refractivity contribution in [1.29, 1.82) is 0 Å². The average Bonchev–Trinajstić information content (AvgIpc) is 2.61. The van der Waals surface area contributed by atoms with Gasteiger partial charge in [-0.2, -0.15) is 5.10 Å². The SMILES string of the molecule is Cc1cc(-c2cocn2)nn1C. The Hall–Kier alpha value is -1.58. The van der Waals surface area contributed by atoms with E-state index in [-0.39, 0.29) is 0 Å². The Labute approximate surface area is 69.8 Å². The molecular weight excluding hydrogens is 154 g/mol. The number of nitrogens with zero attached hydrogens (tertiary/aromatic N) is 3. The van der Waals surface area contributed by atoms with Gasteiger partial charge in [-0.1, -0.05) is 0 Å². The molecule has 12 heavy (non-hydrogen) atoms. The van der Waals surface area contributed by atoms with Crippen LogP contribution in [0.5, 0.6) is 0 Å². The van der Waals surface area contributed by atoms with E-state index in [1.54, 1.807) is 6.26 Å². The highest BCUT2D eigenvalue weighted by atomic mass is 16.3. The van der Waals surface area contributed by atoms with E-state index in [1.807, 2.05) is 24.7 Å². The summed E-state index contributed by atoms with van der Waals surface area (Å²) in [5.74, 6) is 0. The monoisotopic (exact) mass is 163 g/mol. The second-order valence-electron chi connectivity index (χ2n) is 2.67. The molecule has 0 saturated heterocycles. The number of rotatable bonds is 1. The Bertz CT molecular complexity index is 355. The number of aryl methyl sites for hydroxylation is 2. The van der Waals surface area contributed by atoms with Crippen molar-refractivity contribution < 1.29 is 4.42 Å². The molecule has 0 spiro atoms. The number of hydrogen-bond acceptors (Lipinski definition) is 3. The molecule has 4 nitrogen and oxygen atoms in total. The van der Waals surface area contributed by atoms with E-state index < -0.39 is 0 Å². The summed E-state index contributed by atoms with van der Waals surface area (Å²) >= 11 is 0. The maximum atomic E-state index is 4.86. The van der Waals surface area contributed by atoms with E-state index in [1.165, 1.54) is 6.39 Å². The van der Waals surface area contributed by atoms with Gasteiger partial charge in [-0.3, -0.25) is 4.68 Å². The Kier molecular flexibility index (Phi) is 1.46. The summed E-state index contributed by atoms with van der Waals surface area (Å²) in [5, 5.41) is 4.25. The Morgan fingerprint density at radius 2 is 2.25 bits per heavy atom. The molecule has 62 valence electrons. The van der Waals surface area contributed by atoms with Crippen LogP contribution in [0, 0.1) is 6.92 Å². The van der Waals surface area contributed by atoms with E-state index in [0.717, 1.165) is 17.1 Å². The summed E-state index contributed by atoms with van der Waals surface area (Å²) in [6.45, 7) is 2.00. The third-order valence-electron chi connectivity index (χ3n) is 1.81. The lowest BCUT2D eigenvalue weighted by Gasteiger charge is -1.88. The van der Waals surface area contributed by atoms with Gasteiger partial charge in [0.1, 0.15) is 17.7 Å². The molecule has 2 rings (SSSR count). The first-order valence-corrected chi connectivity index (χ1v) is 3.66. The molecule has 0 atom stereocenters. The van der Waals surface area contributed by atoms with Crippen molar-refractivity contribution in [1.82, 2.24) is 14.8 Å². The average molecular weight is 163 g/mol. The van der Waals surface area contributed by atoms with Gasteiger partial charge in [0.2, 0.25) is 0 Å². The first kappa shape index (κ1) is 7.09. The molecule has 0 unspecified atom stereocenters. The molecule has 0 saturated carbocycles. The number of oxazole rings is 1. The number of aromatic nitrogens is 3. The van der Waals surface area contributed by atoms with Crippen LogP contribution in [0.25, 0.3) is 11.4 Å². The van der Waals surface area contributed by atoms with Gasteiger partial charge < -0.3 is 4.42 Å². The zero-order chi connectivity index (χ0) is 8.55. The second-order valence-corrected chi connectivity index (χ2v) is 2.67. The van der Waals surface area contributed by atoms with Gasteiger partial charge in [0.25, 0.3) is 0 Å². The molecule has 0 aliphatic rings. The summed E-state index contributed by atoms with van der Waals surface area (Å²) in [7, 11) is 1.90. The maximum absolute atomic E-state index is 4.86. The van der Waals surface area contributed by atoms with Gasteiger partial charge in [-0.15, -0.1) is 0 Å². The van der Waals surface area contributed by atoms with Crippen LogP contribution in [0.1, 0.15) is 5.69 Å². The van der Waals surface area contributed by atoms with Gasteiger partial charge in [0.05, 0.1) is 0 Å². The van der Waals surface area contributed by atoms with Gasteiger partial charge in [-0.05, 0) is 13.0 Å². The predicted octanol–water partition coefficient (Wildman–Crippen LogP) is 1.38. The minimum absolute atomic E-state index is 0.777. The second kappa shape index (κ2) is 2.48. The van der Waals surface area contributed by atoms with Crippen molar-refractivity contribution in [2.45, 2.75) is 6.92 Å². The van der Waals surface area contributed by atoms with E-state index in [9.17, 15) is 0 Å². The predicted molar refractivity (Wildman–Crippen MR) is 43.4 cm³/mol. The minimum Gasteiger partial charge on any atom is -0.451 e. The van der Waals surface area contributed by atoms with Crippen molar-refractivity contribution >= 4 is 0 Å². The summed E-state index contributed by atoms with van der Waals surface area (Å²) in [4.78, 5) is 4.00. The molecule has 0 amide bonds. The zero-order valence-corrected chi connectivity index (χ0v) is 6.98. The molecule has 0 radical (unpaired) electrons. The Balaban J connectivity index is 2.48.